The smallest absolute Gasteiger partial charge is 0 e. The Kier molecular flexibility index (Phi) is 4.20. The third-order valence-corrected chi connectivity index (χ3v) is 3.08. The molecule has 0 aliphatic carbocycles. The predicted molar refractivity (Wildman–Crippen MR) is 83.1 cm³/mol. The van der Waals surface area contributed by atoms with Gasteiger partial charge in [-0.2, -0.15) is 0 Å². The highest BCUT2D eigenvalue weighted by Gasteiger charge is 2.00. The lowest BCUT2D eigenvalue weighted by molar-refractivity contribution is 1.59. The number of rotatable bonds is 2. The maximum absolute atomic E-state index is 2.24. The van der Waals surface area contributed by atoms with Crippen LogP contribution >= 0.6 is 0 Å². The van der Waals surface area contributed by atoms with Crippen molar-refractivity contribution in [2.45, 2.75) is 0 Å². The zero-order valence-corrected chi connectivity index (χ0v) is 10.7. The van der Waals surface area contributed by atoms with Gasteiger partial charge in [0.15, 0.2) is 0 Å². The normalized spacial score (nSPS) is 9.68. The van der Waals surface area contributed by atoms with E-state index in [-0.39, 0.29) is 8.41 Å². The molecule has 0 spiro atoms. The van der Waals surface area contributed by atoms with Crippen LogP contribution in [-0.4, -0.2) is 8.41 Å². The van der Waals surface area contributed by atoms with Crippen molar-refractivity contribution in [2.75, 3.05) is 0 Å². The maximum Gasteiger partial charge on any atom is 0 e. The van der Waals surface area contributed by atoms with Gasteiger partial charge >= 0.3 is 0 Å². The minimum atomic E-state index is 0. The van der Waals surface area contributed by atoms with Crippen LogP contribution in [0.1, 0.15) is 0 Å². The van der Waals surface area contributed by atoms with Crippen molar-refractivity contribution in [3.05, 3.63) is 84.9 Å². The molecule has 3 radical (unpaired) electrons. The molecule has 3 rings (SSSR count). The third kappa shape index (κ3) is 2.94. The molecule has 1 heteroatoms. The van der Waals surface area contributed by atoms with Gasteiger partial charge in [-0.1, -0.05) is 78.9 Å². The minimum absolute atomic E-state index is 0. The van der Waals surface area contributed by atoms with Crippen molar-refractivity contribution in [3.63, 3.8) is 0 Å². The molecule has 3 aromatic carbocycles. The van der Waals surface area contributed by atoms with E-state index in [1.165, 1.54) is 22.3 Å². The van der Waals surface area contributed by atoms with Crippen LogP contribution in [-0.2, 0) is 0 Å². The zero-order valence-electron chi connectivity index (χ0n) is 10.7. The van der Waals surface area contributed by atoms with Gasteiger partial charge < -0.3 is 0 Å². The van der Waals surface area contributed by atoms with Crippen molar-refractivity contribution < 1.29 is 0 Å². The van der Waals surface area contributed by atoms with E-state index in [1.807, 2.05) is 12.1 Å². The molecule has 0 fully saturated rings. The molecule has 0 amide bonds. The summed E-state index contributed by atoms with van der Waals surface area (Å²) in [5.41, 5.74) is 5.04. The molecule has 0 aromatic heterocycles. The van der Waals surface area contributed by atoms with Crippen LogP contribution in [0.5, 0.6) is 0 Å². The van der Waals surface area contributed by atoms with Gasteiger partial charge in [0.05, 0.1) is 0 Å². The average Bonchev–Trinajstić information content (AvgIpc) is 2.49. The lowest BCUT2D eigenvalue weighted by atomic mass is 9.99. The van der Waals surface area contributed by atoms with Crippen LogP contribution in [0.2, 0.25) is 0 Å². The highest BCUT2D eigenvalue weighted by molar-refractivity contribution is 5.75. The van der Waals surface area contributed by atoms with E-state index in [4.69, 9.17) is 0 Å². The maximum atomic E-state index is 2.24. The molecule has 0 bridgehead atoms. The Bertz CT molecular complexity index is 575. The molecular weight excluding hydrogens is 227 g/mol. The molecule has 0 aliphatic rings. The van der Waals surface area contributed by atoms with Gasteiger partial charge in [-0.15, -0.1) is 0 Å². The summed E-state index contributed by atoms with van der Waals surface area (Å²) in [5.74, 6) is 0. The fourth-order valence-corrected chi connectivity index (χ4v) is 2.14. The highest BCUT2D eigenvalue weighted by Crippen LogP contribution is 2.25. The Labute approximate surface area is 116 Å². The molecule has 0 unspecified atom stereocenters. The first-order chi connectivity index (χ1) is 8.93. The van der Waals surface area contributed by atoms with Crippen molar-refractivity contribution >= 4 is 8.41 Å². The van der Waals surface area contributed by atoms with E-state index >= 15 is 0 Å². The molecule has 89 valence electrons. The van der Waals surface area contributed by atoms with E-state index in [1.54, 1.807) is 0 Å². The lowest BCUT2D eigenvalue weighted by Crippen LogP contribution is -1.80. The summed E-state index contributed by atoms with van der Waals surface area (Å²) < 4.78 is 0. The van der Waals surface area contributed by atoms with Gasteiger partial charge in [0.1, 0.15) is 0 Å². The lowest BCUT2D eigenvalue weighted by Gasteiger charge is -2.05. The van der Waals surface area contributed by atoms with Crippen molar-refractivity contribution in [1.29, 1.82) is 0 Å². The van der Waals surface area contributed by atoms with E-state index in [0.717, 1.165) is 0 Å². The quantitative estimate of drug-likeness (QED) is 0.573. The Hall–Kier alpha value is -2.28. The number of benzene rings is 3. The zero-order chi connectivity index (χ0) is 12.2. The summed E-state index contributed by atoms with van der Waals surface area (Å²) in [6.45, 7) is 0. The first-order valence-corrected chi connectivity index (χ1v) is 6.14. The van der Waals surface area contributed by atoms with E-state index in [2.05, 4.69) is 72.8 Å². The summed E-state index contributed by atoms with van der Waals surface area (Å²) in [6, 6.07) is 29.6. The van der Waals surface area contributed by atoms with Crippen LogP contribution in [0.25, 0.3) is 22.3 Å². The summed E-state index contributed by atoms with van der Waals surface area (Å²) >= 11 is 0. The van der Waals surface area contributed by atoms with Gasteiger partial charge in [0.2, 0.25) is 0 Å². The third-order valence-electron chi connectivity index (χ3n) is 3.08. The van der Waals surface area contributed by atoms with Crippen molar-refractivity contribution in [3.8, 4) is 22.3 Å². The van der Waals surface area contributed by atoms with Gasteiger partial charge in [0.25, 0.3) is 0 Å². The van der Waals surface area contributed by atoms with Crippen molar-refractivity contribution in [1.82, 2.24) is 0 Å². The fraction of sp³-hybridized carbons (Fsp3) is 0. The van der Waals surface area contributed by atoms with E-state index < -0.39 is 0 Å². The van der Waals surface area contributed by atoms with E-state index in [0.29, 0.717) is 0 Å². The van der Waals surface area contributed by atoms with Gasteiger partial charge in [-0.05, 0) is 28.3 Å². The Morgan fingerprint density at radius 2 is 0.737 bits per heavy atom. The molecular formula is C18H14B. The SMILES string of the molecule is [B].c1ccc(-c2cccc(-c3ccccc3)c2)cc1. The molecule has 19 heavy (non-hydrogen) atoms. The van der Waals surface area contributed by atoms with Crippen LogP contribution in [0.4, 0.5) is 0 Å². The second kappa shape index (κ2) is 6.06. The minimum Gasteiger partial charge on any atom is -0.0622 e. The van der Waals surface area contributed by atoms with Crippen LogP contribution < -0.4 is 0 Å². The summed E-state index contributed by atoms with van der Waals surface area (Å²) in [5, 5.41) is 0. The topological polar surface area (TPSA) is 0 Å². The largest absolute Gasteiger partial charge is 0.0622 e. The van der Waals surface area contributed by atoms with Crippen LogP contribution in [0.15, 0.2) is 84.9 Å². The Balaban J connectivity index is 0.00000133. The van der Waals surface area contributed by atoms with Gasteiger partial charge in [-0.3, -0.25) is 0 Å². The molecule has 0 aliphatic heterocycles. The highest BCUT2D eigenvalue weighted by atomic mass is 14.0. The van der Waals surface area contributed by atoms with Gasteiger partial charge in [0, 0.05) is 8.41 Å². The second-order valence-electron chi connectivity index (χ2n) is 4.31. The van der Waals surface area contributed by atoms with Gasteiger partial charge in [-0.25, -0.2) is 0 Å². The Morgan fingerprint density at radius 3 is 1.16 bits per heavy atom. The molecule has 0 saturated carbocycles. The van der Waals surface area contributed by atoms with Crippen LogP contribution in [0.3, 0.4) is 0 Å². The summed E-state index contributed by atoms with van der Waals surface area (Å²) in [6.07, 6.45) is 0. The predicted octanol–water partition coefficient (Wildman–Crippen LogP) is 4.64. The van der Waals surface area contributed by atoms with Crippen molar-refractivity contribution in [2.24, 2.45) is 0 Å². The molecule has 3 aromatic rings. The fourth-order valence-electron chi connectivity index (χ4n) is 2.14. The molecule has 0 heterocycles. The second-order valence-corrected chi connectivity index (χ2v) is 4.31. The van der Waals surface area contributed by atoms with E-state index in [9.17, 15) is 0 Å². The first kappa shape index (κ1) is 13.2. The standard InChI is InChI=1S/C18H14.B/c1-3-8-15(9-4-1)17-12-7-13-18(14-17)16-10-5-2-6-11-16;/h1-14H;. The molecule has 0 atom stereocenters. The average molecular weight is 241 g/mol. The molecule has 0 N–H and O–H groups in total. The number of hydrogen-bond acceptors (Lipinski definition) is 0. The summed E-state index contributed by atoms with van der Waals surface area (Å²) in [7, 11) is 0. The molecule has 0 saturated heterocycles. The monoisotopic (exact) mass is 241 g/mol. The molecule has 0 nitrogen and oxygen atoms in total. The summed E-state index contributed by atoms with van der Waals surface area (Å²) in [4.78, 5) is 0. The van der Waals surface area contributed by atoms with Crippen LogP contribution in [0, 0.1) is 0 Å². The first-order valence-electron chi connectivity index (χ1n) is 6.14. The number of hydrogen-bond donors (Lipinski definition) is 0. The Morgan fingerprint density at radius 1 is 0.368 bits per heavy atom.